The Bertz CT molecular complexity index is 544. The minimum absolute atomic E-state index is 0.163. The number of carbonyl (C=O) groups excluding carboxylic acids is 2. The normalized spacial score (nSPS) is 17.1. The SMILES string of the molecule is Cc1ccc2c(c1C(O)C(O)CCS)C(=O)C(=O)N2. The predicted octanol–water partition coefficient (Wildman–Crippen LogP) is 0.844. The van der Waals surface area contributed by atoms with Crippen LogP contribution in [0.4, 0.5) is 5.69 Å². The highest BCUT2D eigenvalue weighted by Gasteiger charge is 2.35. The van der Waals surface area contributed by atoms with Crippen LogP contribution >= 0.6 is 12.6 Å². The molecule has 0 bridgehead atoms. The van der Waals surface area contributed by atoms with Crippen LogP contribution in [0.2, 0.25) is 0 Å². The predicted molar refractivity (Wildman–Crippen MR) is 73.6 cm³/mol. The van der Waals surface area contributed by atoms with Crippen molar-refractivity contribution in [1.82, 2.24) is 0 Å². The molecule has 19 heavy (non-hydrogen) atoms. The summed E-state index contributed by atoms with van der Waals surface area (Å²) in [5, 5.41) is 22.5. The van der Waals surface area contributed by atoms with Gasteiger partial charge in [0.1, 0.15) is 6.10 Å². The van der Waals surface area contributed by atoms with Gasteiger partial charge >= 0.3 is 0 Å². The Morgan fingerprint density at radius 2 is 2.00 bits per heavy atom. The van der Waals surface area contributed by atoms with Gasteiger partial charge in [0.05, 0.1) is 17.4 Å². The summed E-state index contributed by atoms with van der Waals surface area (Å²) in [5.74, 6) is -0.971. The fraction of sp³-hybridized carbons (Fsp3) is 0.385. The topological polar surface area (TPSA) is 86.6 Å². The molecule has 5 nitrogen and oxygen atoms in total. The van der Waals surface area contributed by atoms with Crippen molar-refractivity contribution in [2.75, 3.05) is 11.1 Å². The highest BCUT2D eigenvalue weighted by atomic mass is 32.1. The molecule has 102 valence electrons. The number of aliphatic hydroxyl groups excluding tert-OH is 2. The van der Waals surface area contributed by atoms with Crippen LogP contribution in [-0.2, 0) is 4.79 Å². The van der Waals surface area contributed by atoms with Crippen molar-refractivity contribution in [3.05, 3.63) is 28.8 Å². The average Bonchev–Trinajstić information content (AvgIpc) is 2.65. The molecule has 1 aromatic carbocycles. The molecule has 6 heteroatoms. The maximum atomic E-state index is 11.8. The Balaban J connectivity index is 2.49. The van der Waals surface area contributed by atoms with Gasteiger partial charge in [0, 0.05) is 0 Å². The molecule has 1 aliphatic rings. The van der Waals surface area contributed by atoms with Crippen molar-refractivity contribution < 1.29 is 19.8 Å². The number of fused-ring (bicyclic) bond motifs is 1. The number of ketones is 1. The number of hydrogen-bond acceptors (Lipinski definition) is 5. The summed E-state index contributed by atoms with van der Waals surface area (Å²) in [7, 11) is 0. The Labute approximate surface area is 116 Å². The minimum Gasteiger partial charge on any atom is -0.390 e. The zero-order valence-corrected chi connectivity index (χ0v) is 11.3. The van der Waals surface area contributed by atoms with Crippen molar-refractivity contribution in [3.8, 4) is 0 Å². The van der Waals surface area contributed by atoms with Crippen LogP contribution < -0.4 is 5.32 Å². The molecule has 1 amide bonds. The van der Waals surface area contributed by atoms with Crippen molar-refractivity contribution >= 4 is 30.0 Å². The first-order valence-electron chi connectivity index (χ1n) is 5.93. The van der Waals surface area contributed by atoms with E-state index in [0.717, 1.165) is 0 Å². The summed E-state index contributed by atoms with van der Waals surface area (Å²) < 4.78 is 0. The molecule has 0 radical (unpaired) electrons. The molecule has 2 unspecified atom stereocenters. The number of carbonyl (C=O) groups is 2. The van der Waals surface area contributed by atoms with E-state index in [1.807, 2.05) is 0 Å². The van der Waals surface area contributed by atoms with Crippen molar-refractivity contribution in [3.63, 3.8) is 0 Å². The van der Waals surface area contributed by atoms with E-state index in [0.29, 0.717) is 29.0 Å². The van der Waals surface area contributed by atoms with E-state index in [2.05, 4.69) is 17.9 Å². The van der Waals surface area contributed by atoms with Crippen LogP contribution in [0.3, 0.4) is 0 Å². The lowest BCUT2D eigenvalue weighted by atomic mass is 9.91. The summed E-state index contributed by atoms with van der Waals surface area (Å²) >= 11 is 4.00. The average molecular weight is 281 g/mol. The quantitative estimate of drug-likeness (QED) is 0.487. The fourth-order valence-corrected chi connectivity index (χ4v) is 2.49. The third-order valence-electron chi connectivity index (χ3n) is 3.23. The second kappa shape index (κ2) is 5.32. The van der Waals surface area contributed by atoms with Crippen molar-refractivity contribution in [1.29, 1.82) is 0 Å². The van der Waals surface area contributed by atoms with Gasteiger partial charge in [-0.15, -0.1) is 0 Å². The number of hydrogen-bond donors (Lipinski definition) is 4. The number of nitrogens with one attached hydrogen (secondary N) is 1. The first-order valence-corrected chi connectivity index (χ1v) is 6.56. The van der Waals surface area contributed by atoms with Crippen LogP contribution in [0.5, 0.6) is 0 Å². The van der Waals surface area contributed by atoms with E-state index in [9.17, 15) is 19.8 Å². The van der Waals surface area contributed by atoms with Gasteiger partial charge < -0.3 is 15.5 Å². The molecule has 0 fully saturated rings. The molecule has 0 aliphatic carbocycles. The van der Waals surface area contributed by atoms with Gasteiger partial charge in [0.2, 0.25) is 0 Å². The summed E-state index contributed by atoms with van der Waals surface area (Å²) in [6.07, 6.45) is -1.94. The van der Waals surface area contributed by atoms with E-state index in [1.165, 1.54) is 0 Å². The first kappa shape index (κ1) is 14.0. The molecule has 0 saturated heterocycles. The zero-order chi connectivity index (χ0) is 14.2. The number of Topliss-reactive ketones (excluding diaryl/α,β-unsaturated/α-hetero) is 1. The van der Waals surface area contributed by atoms with E-state index < -0.39 is 23.9 Å². The number of amides is 1. The second-order valence-corrected chi connectivity index (χ2v) is 4.97. The molecule has 3 N–H and O–H groups in total. The Kier molecular flexibility index (Phi) is 3.93. The highest BCUT2D eigenvalue weighted by molar-refractivity contribution is 7.80. The smallest absolute Gasteiger partial charge is 0.296 e. The van der Waals surface area contributed by atoms with Gasteiger partial charge in [-0.2, -0.15) is 12.6 Å². The number of aryl methyl sites for hydroxylation is 1. The molecule has 0 spiro atoms. The summed E-state index contributed by atoms with van der Waals surface area (Å²) in [6, 6.07) is 3.32. The van der Waals surface area contributed by atoms with Gasteiger partial charge in [-0.1, -0.05) is 6.07 Å². The van der Waals surface area contributed by atoms with Crippen LogP contribution in [0.25, 0.3) is 0 Å². The molecule has 2 rings (SSSR count). The fourth-order valence-electron chi connectivity index (χ4n) is 2.23. The lowest BCUT2D eigenvalue weighted by Crippen LogP contribution is -2.22. The van der Waals surface area contributed by atoms with Crippen LogP contribution in [0, 0.1) is 6.92 Å². The van der Waals surface area contributed by atoms with E-state index in [4.69, 9.17) is 0 Å². The van der Waals surface area contributed by atoms with Crippen LogP contribution in [0.1, 0.15) is 34.0 Å². The molecule has 0 aromatic heterocycles. The lowest BCUT2D eigenvalue weighted by Gasteiger charge is -2.21. The van der Waals surface area contributed by atoms with E-state index in [-0.39, 0.29) is 5.56 Å². The number of aliphatic hydroxyl groups is 2. The molecule has 1 aliphatic heterocycles. The van der Waals surface area contributed by atoms with Gasteiger partial charge in [-0.3, -0.25) is 9.59 Å². The highest BCUT2D eigenvalue weighted by Crippen LogP contribution is 2.34. The van der Waals surface area contributed by atoms with Gasteiger partial charge in [-0.25, -0.2) is 0 Å². The van der Waals surface area contributed by atoms with E-state index >= 15 is 0 Å². The molecule has 1 heterocycles. The molecular weight excluding hydrogens is 266 g/mol. The lowest BCUT2D eigenvalue weighted by molar-refractivity contribution is -0.112. The molecular formula is C13H15NO4S. The minimum atomic E-state index is -1.21. The number of rotatable bonds is 4. The van der Waals surface area contributed by atoms with Crippen LogP contribution in [-0.4, -0.2) is 33.8 Å². The van der Waals surface area contributed by atoms with E-state index in [1.54, 1.807) is 19.1 Å². The summed E-state index contributed by atoms with van der Waals surface area (Å²) in [6.45, 7) is 1.72. The molecule has 2 atom stereocenters. The number of benzene rings is 1. The standard InChI is InChI=1S/C13H15NO4S/c1-6-2-3-7-10(12(17)13(18)14-7)9(6)11(16)8(15)4-5-19/h2-3,8,11,15-16,19H,4-5H2,1H3,(H,14,17,18). The number of thiol groups is 1. The monoisotopic (exact) mass is 281 g/mol. The van der Waals surface area contributed by atoms with Crippen molar-refractivity contribution in [2.45, 2.75) is 25.6 Å². The van der Waals surface area contributed by atoms with Crippen LogP contribution in [0.15, 0.2) is 12.1 Å². The maximum absolute atomic E-state index is 11.8. The molecule has 1 aromatic rings. The Morgan fingerprint density at radius 1 is 1.32 bits per heavy atom. The largest absolute Gasteiger partial charge is 0.390 e. The summed E-state index contributed by atoms with van der Waals surface area (Å²) in [4.78, 5) is 23.2. The number of anilines is 1. The Hall–Kier alpha value is -1.37. The van der Waals surface area contributed by atoms with Gasteiger partial charge in [0.15, 0.2) is 0 Å². The third-order valence-corrected chi connectivity index (χ3v) is 3.49. The maximum Gasteiger partial charge on any atom is 0.296 e. The Morgan fingerprint density at radius 3 is 2.63 bits per heavy atom. The van der Waals surface area contributed by atoms with Crippen molar-refractivity contribution in [2.24, 2.45) is 0 Å². The summed E-state index contributed by atoms with van der Waals surface area (Å²) in [5.41, 5.74) is 1.52. The first-order chi connectivity index (χ1) is 8.97. The molecule has 0 saturated carbocycles. The van der Waals surface area contributed by atoms with Gasteiger partial charge in [0.25, 0.3) is 11.7 Å². The second-order valence-electron chi connectivity index (χ2n) is 4.53. The zero-order valence-electron chi connectivity index (χ0n) is 10.4. The van der Waals surface area contributed by atoms with Gasteiger partial charge in [-0.05, 0) is 36.3 Å². The third kappa shape index (κ3) is 2.39.